The van der Waals surface area contributed by atoms with Gasteiger partial charge in [-0.05, 0) is 6.92 Å². The van der Waals surface area contributed by atoms with E-state index in [-0.39, 0.29) is 0 Å². The lowest BCUT2D eigenvalue weighted by molar-refractivity contribution is 0.394. The van der Waals surface area contributed by atoms with Gasteiger partial charge in [-0.1, -0.05) is 0 Å². The molecule has 1 aliphatic heterocycles. The summed E-state index contributed by atoms with van der Waals surface area (Å²) in [6.45, 7) is 3.43. The summed E-state index contributed by atoms with van der Waals surface area (Å²) in [6, 6.07) is 2.12. The van der Waals surface area contributed by atoms with Gasteiger partial charge >= 0.3 is 0 Å². The molecular formula is C10H15N5O. The van der Waals surface area contributed by atoms with Gasteiger partial charge in [0, 0.05) is 18.3 Å². The second kappa shape index (κ2) is 4.78. The third-order valence-corrected chi connectivity index (χ3v) is 2.21. The van der Waals surface area contributed by atoms with Crippen molar-refractivity contribution in [2.45, 2.75) is 19.5 Å². The normalized spacial score (nSPS) is 18.9. The van der Waals surface area contributed by atoms with Crippen molar-refractivity contribution in [3.05, 3.63) is 18.1 Å². The molecule has 2 N–H and O–H groups in total. The lowest BCUT2D eigenvalue weighted by atomic mass is 10.4. The van der Waals surface area contributed by atoms with Crippen molar-refractivity contribution in [1.29, 1.82) is 0 Å². The molecule has 1 aromatic heterocycles. The van der Waals surface area contributed by atoms with E-state index in [4.69, 9.17) is 4.74 Å². The molecule has 16 heavy (non-hydrogen) atoms. The lowest BCUT2D eigenvalue weighted by Gasteiger charge is -2.08. The van der Waals surface area contributed by atoms with Gasteiger partial charge in [-0.25, -0.2) is 4.98 Å². The summed E-state index contributed by atoms with van der Waals surface area (Å²) in [6.07, 6.45) is 1.68. The quantitative estimate of drug-likeness (QED) is 0.747. The highest BCUT2D eigenvalue weighted by Crippen LogP contribution is 2.03. The number of nitrogens with zero attached hydrogens (tertiary/aromatic N) is 3. The van der Waals surface area contributed by atoms with Crippen molar-refractivity contribution in [2.24, 2.45) is 4.99 Å². The lowest BCUT2D eigenvalue weighted by Crippen LogP contribution is -2.37. The minimum Gasteiger partial charge on any atom is -0.481 e. The average molecular weight is 221 g/mol. The van der Waals surface area contributed by atoms with E-state index in [1.165, 1.54) is 0 Å². The van der Waals surface area contributed by atoms with Crippen LogP contribution in [0.1, 0.15) is 12.7 Å². The van der Waals surface area contributed by atoms with Crippen molar-refractivity contribution in [3.63, 3.8) is 0 Å². The van der Waals surface area contributed by atoms with E-state index in [0.29, 0.717) is 24.3 Å². The summed E-state index contributed by atoms with van der Waals surface area (Å²) in [4.78, 5) is 12.6. The number of methoxy groups -OCH3 is 1. The third-order valence-electron chi connectivity index (χ3n) is 2.21. The van der Waals surface area contributed by atoms with Crippen LogP contribution in [0.4, 0.5) is 0 Å². The highest BCUT2D eigenvalue weighted by atomic mass is 16.5. The topological polar surface area (TPSA) is 71.4 Å². The minimum absolute atomic E-state index is 0.397. The van der Waals surface area contributed by atoms with Crippen molar-refractivity contribution < 1.29 is 4.74 Å². The van der Waals surface area contributed by atoms with Gasteiger partial charge < -0.3 is 15.4 Å². The average Bonchev–Trinajstić information content (AvgIpc) is 2.73. The van der Waals surface area contributed by atoms with Crippen LogP contribution in [0.5, 0.6) is 5.88 Å². The van der Waals surface area contributed by atoms with Crippen LogP contribution in [0, 0.1) is 0 Å². The summed E-state index contributed by atoms with van der Waals surface area (Å²) in [7, 11) is 1.59. The van der Waals surface area contributed by atoms with Gasteiger partial charge in [0.2, 0.25) is 5.88 Å². The number of rotatable bonds is 3. The summed E-state index contributed by atoms with van der Waals surface area (Å²) in [5, 5.41) is 6.34. The van der Waals surface area contributed by atoms with Crippen molar-refractivity contribution in [1.82, 2.24) is 20.6 Å². The Morgan fingerprint density at radius 2 is 2.50 bits per heavy atom. The van der Waals surface area contributed by atoms with Crippen molar-refractivity contribution >= 4 is 5.96 Å². The van der Waals surface area contributed by atoms with E-state index in [9.17, 15) is 0 Å². The molecule has 1 aliphatic rings. The monoisotopic (exact) mass is 221 g/mol. The second-order valence-corrected chi connectivity index (χ2v) is 3.60. The summed E-state index contributed by atoms with van der Waals surface area (Å²) in [5.74, 6) is 2.06. The number of guanidine groups is 1. The van der Waals surface area contributed by atoms with E-state index >= 15 is 0 Å². The molecule has 2 rings (SSSR count). The molecule has 0 radical (unpaired) electrons. The van der Waals surface area contributed by atoms with Gasteiger partial charge in [0.15, 0.2) is 11.8 Å². The Morgan fingerprint density at radius 3 is 3.19 bits per heavy atom. The van der Waals surface area contributed by atoms with Crippen molar-refractivity contribution in [3.8, 4) is 5.88 Å². The first kappa shape index (κ1) is 10.7. The fourth-order valence-electron chi connectivity index (χ4n) is 1.40. The van der Waals surface area contributed by atoms with Crippen LogP contribution in [0.2, 0.25) is 0 Å². The maximum absolute atomic E-state index is 5.02. The highest BCUT2D eigenvalue weighted by Gasteiger charge is 2.11. The first-order valence-corrected chi connectivity index (χ1v) is 5.18. The Labute approximate surface area is 94.2 Å². The fraction of sp³-hybridized carbons (Fsp3) is 0.500. The number of ether oxygens (including phenoxy) is 1. The van der Waals surface area contributed by atoms with Crippen molar-refractivity contribution in [2.75, 3.05) is 13.7 Å². The predicted octanol–water partition coefficient (Wildman–Crippen LogP) is -0.0775. The minimum atomic E-state index is 0.397. The molecule has 2 heterocycles. The van der Waals surface area contributed by atoms with Gasteiger partial charge in [-0.2, -0.15) is 4.98 Å². The molecule has 0 aromatic carbocycles. The van der Waals surface area contributed by atoms with Crippen LogP contribution in [0.25, 0.3) is 0 Å². The Bertz CT molecular complexity index is 393. The molecule has 0 fully saturated rings. The molecule has 0 saturated carbocycles. The maximum Gasteiger partial charge on any atom is 0.216 e. The highest BCUT2D eigenvalue weighted by molar-refractivity contribution is 5.81. The molecule has 86 valence electrons. The Balaban J connectivity index is 1.89. The largest absolute Gasteiger partial charge is 0.481 e. The Hall–Kier alpha value is -1.85. The van der Waals surface area contributed by atoms with Crippen LogP contribution >= 0.6 is 0 Å². The molecule has 6 heteroatoms. The van der Waals surface area contributed by atoms with E-state index in [1.807, 2.05) is 0 Å². The summed E-state index contributed by atoms with van der Waals surface area (Å²) < 4.78 is 5.02. The SMILES string of the molecule is COc1ccnc(CNC2=NCC(C)N2)n1. The van der Waals surface area contributed by atoms with Gasteiger partial charge in [0.25, 0.3) is 0 Å². The summed E-state index contributed by atoms with van der Waals surface area (Å²) >= 11 is 0. The number of nitrogens with one attached hydrogen (secondary N) is 2. The zero-order valence-electron chi connectivity index (χ0n) is 9.40. The first-order chi connectivity index (χ1) is 7.78. The molecule has 0 saturated heterocycles. The second-order valence-electron chi connectivity index (χ2n) is 3.60. The number of aromatic nitrogens is 2. The predicted molar refractivity (Wildman–Crippen MR) is 60.3 cm³/mol. The Kier molecular flexibility index (Phi) is 3.19. The van der Waals surface area contributed by atoms with Crippen LogP contribution in [0.15, 0.2) is 17.3 Å². The maximum atomic E-state index is 5.02. The van der Waals surface area contributed by atoms with Crippen LogP contribution in [-0.4, -0.2) is 35.6 Å². The number of aliphatic imine (C=N–C) groups is 1. The van der Waals surface area contributed by atoms with Gasteiger partial charge in [0.1, 0.15) is 0 Å². The molecular weight excluding hydrogens is 206 g/mol. The smallest absolute Gasteiger partial charge is 0.216 e. The Morgan fingerprint density at radius 1 is 1.62 bits per heavy atom. The molecule has 1 atom stereocenters. The molecule has 0 bridgehead atoms. The fourth-order valence-corrected chi connectivity index (χ4v) is 1.40. The zero-order chi connectivity index (χ0) is 11.4. The van der Waals surface area contributed by atoms with Gasteiger partial charge in [-0.15, -0.1) is 0 Å². The summed E-state index contributed by atoms with van der Waals surface area (Å²) in [5.41, 5.74) is 0. The van der Waals surface area contributed by atoms with E-state index < -0.39 is 0 Å². The molecule has 0 amide bonds. The van der Waals surface area contributed by atoms with E-state index in [1.54, 1.807) is 19.4 Å². The third kappa shape index (κ3) is 2.59. The van der Waals surface area contributed by atoms with Crippen LogP contribution in [0.3, 0.4) is 0 Å². The van der Waals surface area contributed by atoms with Crippen LogP contribution < -0.4 is 15.4 Å². The van der Waals surface area contributed by atoms with E-state index in [0.717, 1.165) is 12.5 Å². The molecule has 1 aromatic rings. The molecule has 1 unspecified atom stereocenters. The van der Waals surface area contributed by atoms with E-state index in [2.05, 4.69) is 32.5 Å². The standard InChI is InChI=1S/C10H15N5O/c1-7-5-12-10(14-7)13-6-8-11-4-3-9(15-8)16-2/h3-4,7H,5-6H2,1-2H3,(H2,12,13,14). The van der Waals surface area contributed by atoms with Gasteiger partial charge in [-0.3, -0.25) is 4.99 Å². The first-order valence-electron chi connectivity index (χ1n) is 5.18. The van der Waals surface area contributed by atoms with Crippen LogP contribution in [-0.2, 0) is 6.54 Å². The number of hydrogen-bond donors (Lipinski definition) is 2. The zero-order valence-corrected chi connectivity index (χ0v) is 9.40. The molecule has 0 spiro atoms. The molecule has 0 aliphatic carbocycles. The molecule has 6 nitrogen and oxygen atoms in total. The number of hydrogen-bond acceptors (Lipinski definition) is 6. The van der Waals surface area contributed by atoms with Gasteiger partial charge in [0.05, 0.1) is 20.2 Å².